The molecule has 2 N–H and O–H groups in total. The first kappa shape index (κ1) is 13.0. The van der Waals surface area contributed by atoms with E-state index in [4.69, 9.17) is 0 Å². The van der Waals surface area contributed by atoms with Gasteiger partial charge < -0.3 is 10.6 Å². The smallest absolute Gasteiger partial charge is 0.271 e. The fourth-order valence-corrected chi connectivity index (χ4v) is 1.58. The van der Waals surface area contributed by atoms with Crippen LogP contribution in [0.2, 0.25) is 0 Å². The predicted octanol–water partition coefficient (Wildman–Crippen LogP) is 0.490. The molecule has 1 amide bonds. The van der Waals surface area contributed by atoms with Gasteiger partial charge in [-0.25, -0.2) is 0 Å². The lowest BCUT2D eigenvalue weighted by Gasteiger charge is -2.05. The maximum Gasteiger partial charge on any atom is 0.271 e. The number of carbonyl (C=O) groups excluding carboxylic acids is 1. The normalized spacial score (nSPS) is 10.3. The number of anilines is 1. The van der Waals surface area contributed by atoms with Gasteiger partial charge in [0.15, 0.2) is 5.69 Å². The molecule has 7 nitrogen and oxygen atoms in total. The molecular weight excluding hydrogens is 244 g/mol. The highest BCUT2D eigenvalue weighted by Crippen LogP contribution is 2.09. The predicted molar refractivity (Wildman–Crippen MR) is 70.7 cm³/mol. The highest BCUT2D eigenvalue weighted by atomic mass is 16.1. The zero-order valence-corrected chi connectivity index (χ0v) is 11.1. The molecule has 0 fully saturated rings. The van der Waals surface area contributed by atoms with Gasteiger partial charge in [0, 0.05) is 31.9 Å². The summed E-state index contributed by atoms with van der Waals surface area (Å²) in [4.78, 5) is 11.3. The third kappa shape index (κ3) is 2.87. The standard InChI is InChI=1S/C12H16N6O/c1-8-9(7-15-18(8)3)6-14-11-5-4-10(16-17-11)12(19)13-2/h4-5,7H,6H2,1-3H3,(H,13,19)(H,14,17). The molecule has 0 atom stereocenters. The van der Waals surface area contributed by atoms with Crippen molar-refractivity contribution in [1.29, 1.82) is 0 Å². The monoisotopic (exact) mass is 260 g/mol. The number of hydrogen-bond donors (Lipinski definition) is 2. The van der Waals surface area contributed by atoms with Crippen LogP contribution >= 0.6 is 0 Å². The first-order valence-electron chi connectivity index (χ1n) is 5.89. The van der Waals surface area contributed by atoms with E-state index < -0.39 is 0 Å². The summed E-state index contributed by atoms with van der Waals surface area (Å²) in [6, 6.07) is 3.35. The Kier molecular flexibility index (Phi) is 3.74. The molecule has 2 aromatic rings. The van der Waals surface area contributed by atoms with Crippen molar-refractivity contribution >= 4 is 11.7 Å². The maximum absolute atomic E-state index is 11.3. The van der Waals surface area contributed by atoms with Crippen LogP contribution < -0.4 is 10.6 Å². The first-order chi connectivity index (χ1) is 9.11. The highest BCUT2D eigenvalue weighted by molar-refractivity contribution is 5.91. The highest BCUT2D eigenvalue weighted by Gasteiger charge is 2.06. The summed E-state index contributed by atoms with van der Waals surface area (Å²) in [6.07, 6.45) is 1.81. The van der Waals surface area contributed by atoms with Gasteiger partial charge in [-0.1, -0.05) is 0 Å². The van der Waals surface area contributed by atoms with Crippen LogP contribution in [0.15, 0.2) is 18.3 Å². The second kappa shape index (κ2) is 5.47. The third-order valence-corrected chi connectivity index (χ3v) is 2.92. The summed E-state index contributed by atoms with van der Waals surface area (Å²) in [5.41, 5.74) is 2.49. The summed E-state index contributed by atoms with van der Waals surface area (Å²) >= 11 is 0. The fraction of sp³-hybridized carbons (Fsp3) is 0.333. The zero-order chi connectivity index (χ0) is 13.8. The molecule has 0 spiro atoms. The molecule has 2 aromatic heterocycles. The molecule has 2 heterocycles. The summed E-state index contributed by atoms with van der Waals surface area (Å²) in [6.45, 7) is 2.62. The lowest BCUT2D eigenvalue weighted by atomic mass is 10.2. The Labute approximate surface area is 111 Å². The Hall–Kier alpha value is -2.44. The number of carbonyl (C=O) groups is 1. The molecule has 19 heavy (non-hydrogen) atoms. The van der Waals surface area contributed by atoms with Gasteiger partial charge in [-0.3, -0.25) is 9.48 Å². The van der Waals surface area contributed by atoms with E-state index in [-0.39, 0.29) is 5.91 Å². The molecule has 7 heteroatoms. The molecule has 0 aliphatic heterocycles. The van der Waals surface area contributed by atoms with E-state index in [2.05, 4.69) is 25.9 Å². The van der Waals surface area contributed by atoms with Gasteiger partial charge in [0.2, 0.25) is 0 Å². The maximum atomic E-state index is 11.3. The average molecular weight is 260 g/mol. The lowest BCUT2D eigenvalue weighted by molar-refractivity contribution is 0.0957. The SMILES string of the molecule is CNC(=O)c1ccc(NCc2cnn(C)c2C)nn1. The minimum absolute atomic E-state index is 0.248. The van der Waals surface area contributed by atoms with E-state index in [1.165, 1.54) is 0 Å². The van der Waals surface area contributed by atoms with Gasteiger partial charge in [-0.2, -0.15) is 5.10 Å². The minimum atomic E-state index is -0.248. The molecule has 0 saturated heterocycles. The van der Waals surface area contributed by atoms with Crippen molar-refractivity contribution in [1.82, 2.24) is 25.3 Å². The molecular formula is C12H16N6O. The number of hydrogen-bond acceptors (Lipinski definition) is 5. The molecule has 0 aromatic carbocycles. The van der Waals surface area contributed by atoms with Crippen LogP contribution in [0.5, 0.6) is 0 Å². The van der Waals surface area contributed by atoms with Crippen LogP contribution in [0.1, 0.15) is 21.7 Å². The Morgan fingerprint density at radius 1 is 1.37 bits per heavy atom. The molecule has 0 saturated carbocycles. The Morgan fingerprint density at radius 2 is 2.16 bits per heavy atom. The van der Waals surface area contributed by atoms with E-state index in [9.17, 15) is 4.79 Å². The van der Waals surface area contributed by atoms with Gasteiger partial charge in [0.25, 0.3) is 5.91 Å². The van der Waals surface area contributed by atoms with Crippen LogP contribution in [-0.4, -0.2) is 32.9 Å². The largest absolute Gasteiger partial charge is 0.364 e. The van der Waals surface area contributed by atoms with E-state index in [0.717, 1.165) is 11.3 Å². The average Bonchev–Trinajstić information content (AvgIpc) is 2.76. The number of aromatic nitrogens is 4. The van der Waals surface area contributed by atoms with Gasteiger partial charge in [0.05, 0.1) is 6.20 Å². The van der Waals surface area contributed by atoms with Gasteiger partial charge in [-0.15, -0.1) is 10.2 Å². The summed E-state index contributed by atoms with van der Waals surface area (Å²) in [5, 5.41) is 17.6. The van der Waals surface area contributed by atoms with Crippen LogP contribution in [0, 0.1) is 6.92 Å². The minimum Gasteiger partial charge on any atom is -0.364 e. The van der Waals surface area contributed by atoms with E-state index >= 15 is 0 Å². The van der Waals surface area contributed by atoms with Crippen LogP contribution in [-0.2, 0) is 13.6 Å². The second-order valence-electron chi connectivity index (χ2n) is 4.12. The van der Waals surface area contributed by atoms with Crippen LogP contribution in [0.3, 0.4) is 0 Å². The first-order valence-corrected chi connectivity index (χ1v) is 5.89. The number of rotatable bonds is 4. The molecule has 0 aliphatic carbocycles. The molecule has 0 bridgehead atoms. The van der Waals surface area contributed by atoms with Gasteiger partial charge in [-0.05, 0) is 19.1 Å². The van der Waals surface area contributed by atoms with Crippen molar-refractivity contribution in [2.45, 2.75) is 13.5 Å². The molecule has 0 radical (unpaired) electrons. The molecule has 100 valence electrons. The van der Waals surface area contributed by atoms with Crippen molar-refractivity contribution in [3.05, 3.63) is 35.3 Å². The van der Waals surface area contributed by atoms with Crippen molar-refractivity contribution < 1.29 is 4.79 Å². The van der Waals surface area contributed by atoms with E-state index in [1.807, 2.05) is 24.9 Å². The molecule has 2 rings (SSSR count). The lowest BCUT2D eigenvalue weighted by Crippen LogP contribution is -2.19. The topological polar surface area (TPSA) is 84.7 Å². The van der Waals surface area contributed by atoms with Crippen LogP contribution in [0.4, 0.5) is 5.82 Å². The molecule has 0 aliphatic rings. The summed E-state index contributed by atoms with van der Waals surface area (Å²) < 4.78 is 1.82. The number of aryl methyl sites for hydroxylation is 1. The summed E-state index contributed by atoms with van der Waals surface area (Å²) in [7, 11) is 3.46. The number of amides is 1. The van der Waals surface area contributed by atoms with Gasteiger partial charge >= 0.3 is 0 Å². The Morgan fingerprint density at radius 3 is 2.68 bits per heavy atom. The van der Waals surface area contributed by atoms with Crippen molar-refractivity contribution in [3.8, 4) is 0 Å². The number of nitrogens with one attached hydrogen (secondary N) is 2. The summed E-state index contributed by atoms with van der Waals surface area (Å²) in [5.74, 6) is 0.373. The van der Waals surface area contributed by atoms with Crippen LogP contribution in [0.25, 0.3) is 0 Å². The van der Waals surface area contributed by atoms with Crippen molar-refractivity contribution in [3.63, 3.8) is 0 Å². The second-order valence-corrected chi connectivity index (χ2v) is 4.12. The quantitative estimate of drug-likeness (QED) is 0.835. The Bertz CT molecular complexity index is 574. The zero-order valence-electron chi connectivity index (χ0n) is 11.1. The van der Waals surface area contributed by atoms with E-state index in [0.29, 0.717) is 18.1 Å². The molecule has 0 unspecified atom stereocenters. The number of nitrogens with zero attached hydrogens (tertiary/aromatic N) is 4. The van der Waals surface area contributed by atoms with E-state index in [1.54, 1.807) is 19.2 Å². The van der Waals surface area contributed by atoms with Crippen molar-refractivity contribution in [2.24, 2.45) is 7.05 Å². The van der Waals surface area contributed by atoms with Gasteiger partial charge in [0.1, 0.15) is 5.82 Å². The fourth-order valence-electron chi connectivity index (χ4n) is 1.58. The van der Waals surface area contributed by atoms with Crippen molar-refractivity contribution in [2.75, 3.05) is 12.4 Å². The Balaban J connectivity index is 2.00. The third-order valence-electron chi connectivity index (χ3n) is 2.92.